The van der Waals surface area contributed by atoms with E-state index in [4.69, 9.17) is 10.00 Å². The Morgan fingerprint density at radius 2 is 1.79 bits per heavy atom. The van der Waals surface area contributed by atoms with Crippen LogP contribution in [0.5, 0.6) is 5.75 Å². The number of carbonyl (C=O) groups is 3. The first-order valence-electron chi connectivity index (χ1n) is 8.72. The second-order valence-electron chi connectivity index (χ2n) is 6.41. The molecule has 3 amide bonds. The fourth-order valence-corrected chi connectivity index (χ4v) is 3.11. The molecule has 0 aliphatic carbocycles. The van der Waals surface area contributed by atoms with Crippen LogP contribution in [-0.2, 0) is 6.54 Å². The molecular weight excluding hydrogens is 358 g/mol. The van der Waals surface area contributed by atoms with Crippen LogP contribution < -0.4 is 4.74 Å². The second-order valence-corrected chi connectivity index (χ2v) is 6.41. The molecule has 0 unspecified atom stereocenters. The number of methoxy groups -OCH3 is 1. The number of fused-ring (bicyclic) bond motifs is 1. The Morgan fingerprint density at radius 1 is 1.14 bits per heavy atom. The minimum Gasteiger partial charge on any atom is -0.496 e. The Morgan fingerprint density at radius 3 is 2.36 bits per heavy atom. The Hall–Kier alpha value is -3.66. The minimum absolute atomic E-state index is 0.0541. The predicted molar refractivity (Wildman–Crippen MR) is 101 cm³/mol. The van der Waals surface area contributed by atoms with E-state index in [0.717, 1.165) is 0 Å². The van der Waals surface area contributed by atoms with Gasteiger partial charge in [-0.25, -0.2) is 0 Å². The predicted octanol–water partition coefficient (Wildman–Crippen LogP) is 2.48. The number of carbonyl (C=O) groups excluding carboxylic acids is 3. The maximum absolute atomic E-state index is 12.7. The van der Waals surface area contributed by atoms with Crippen molar-refractivity contribution < 1.29 is 19.1 Å². The van der Waals surface area contributed by atoms with Crippen molar-refractivity contribution in [3.63, 3.8) is 0 Å². The third-order valence-electron chi connectivity index (χ3n) is 4.62. The smallest absolute Gasteiger partial charge is 0.261 e. The summed E-state index contributed by atoms with van der Waals surface area (Å²) in [4.78, 5) is 40.4. The molecule has 0 aromatic heterocycles. The van der Waals surface area contributed by atoms with Gasteiger partial charge in [0.25, 0.3) is 17.7 Å². The highest BCUT2D eigenvalue weighted by atomic mass is 16.5. The van der Waals surface area contributed by atoms with Crippen LogP contribution in [0.3, 0.4) is 0 Å². The van der Waals surface area contributed by atoms with Gasteiger partial charge in [-0.05, 0) is 29.8 Å². The molecule has 0 radical (unpaired) electrons. The molecule has 2 aromatic carbocycles. The van der Waals surface area contributed by atoms with Crippen molar-refractivity contribution in [3.8, 4) is 11.8 Å². The topological polar surface area (TPSA) is 90.7 Å². The number of nitriles is 1. The van der Waals surface area contributed by atoms with Gasteiger partial charge in [0.1, 0.15) is 5.75 Å². The summed E-state index contributed by atoms with van der Waals surface area (Å²) in [6.07, 6.45) is 0.222. The van der Waals surface area contributed by atoms with Gasteiger partial charge in [0, 0.05) is 13.6 Å². The van der Waals surface area contributed by atoms with Crippen LogP contribution in [0.25, 0.3) is 0 Å². The van der Waals surface area contributed by atoms with Crippen LogP contribution in [0.15, 0.2) is 42.5 Å². The van der Waals surface area contributed by atoms with Gasteiger partial charge in [-0.2, -0.15) is 5.26 Å². The van der Waals surface area contributed by atoms with E-state index in [1.807, 2.05) is 6.07 Å². The van der Waals surface area contributed by atoms with Crippen LogP contribution >= 0.6 is 0 Å². The quantitative estimate of drug-likeness (QED) is 0.722. The Labute approximate surface area is 162 Å². The SMILES string of the molecule is COc1ccc(CN2C(=O)c3ccccc3C2=O)cc1C(=O)N(C)CCC#N. The molecule has 0 bridgehead atoms. The fourth-order valence-electron chi connectivity index (χ4n) is 3.11. The lowest BCUT2D eigenvalue weighted by molar-refractivity contribution is 0.0642. The highest BCUT2D eigenvalue weighted by molar-refractivity contribution is 6.21. The summed E-state index contributed by atoms with van der Waals surface area (Å²) in [5, 5.41) is 8.71. The number of ether oxygens (including phenoxy) is 1. The largest absolute Gasteiger partial charge is 0.496 e. The fraction of sp³-hybridized carbons (Fsp3) is 0.238. The Kier molecular flexibility index (Phi) is 5.41. The monoisotopic (exact) mass is 377 g/mol. The van der Waals surface area contributed by atoms with Crippen molar-refractivity contribution in [2.45, 2.75) is 13.0 Å². The molecule has 0 fully saturated rings. The average Bonchev–Trinajstić information content (AvgIpc) is 2.96. The molecule has 2 aromatic rings. The second kappa shape index (κ2) is 7.92. The molecule has 0 spiro atoms. The van der Waals surface area contributed by atoms with Crippen molar-refractivity contribution in [1.82, 2.24) is 9.80 Å². The van der Waals surface area contributed by atoms with Gasteiger partial charge in [0.2, 0.25) is 0 Å². The molecule has 1 heterocycles. The molecular formula is C21H19N3O4. The molecule has 0 N–H and O–H groups in total. The van der Waals surface area contributed by atoms with Gasteiger partial charge in [0.15, 0.2) is 0 Å². The number of imide groups is 1. The zero-order valence-electron chi connectivity index (χ0n) is 15.6. The average molecular weight is 377 g/mol. The lowest BCUT2D eigenvalue weighted by Crippen LogP contribution is -2.30. The number of benzene rings is 2. The first-order valence-corrected chi connectivity index (χ1v) is 8.72. The summed E-state index contributed by atoms with van der Waals surface area (Å²) < 4.78 is 5.28. The lowest BCUT2D eigenvalue weighted by atomic mass is 10.1. The van der Waals surface area contributed by atoms with Crippen molar-refractivity contribution in [2.75, 3.05) is 20.7 Å². The zero-order valence-corrected chi connectivity index (χ0v) is 15.6. The lowest BCUT2D eigenvalue weighted by Gasteiger charge is -2.19. The van der Waals surface area contributed by atoms with Crippen LogP contribution in [0.2, 0.25) is 0 Å². The molecule has 1 aliphatic heterocycles. The molecule has 7 nitrogen and oxygen atoms in total. The molecule has 0 saturated carbocycles. The maximum atomic E-state index is 12.7. The third kappa shape index (κ3) is 3.45. The number of hydrogen-bond acceptors (Lipinski definition) is 5. The van der Waals surface area contributed by atoms with Gasteiger partial charge in [-0.1, -0.05) is 18.2 Å². The Bertz CT molecular complexity index is 958. The normalized spacial score (nSPS) is 12.5. The van der Waals surface area contributed by atoms with Crippen molar-refractivity contribution in [1.29, 1.82) is 5.26 Å². The zero-order chi connectivity index (χ0) is 20.3. The molecule has 142 valence electrons. The van der Waals surface area contributed by atoms with E-state index < -0.39 is 0 Å². The van der Waals surface area contributed by atoms with Crippen molar-refractivity contribution >= 4 is 17.7 Å². The Balaban J connectivity index is 1.86. The standard InChI is InChI=1S/C21H19N3O4/c1-23(11-5-10-22)19(25)17-12-14(8-9-18(17)28-2)13-24-20(26)15-6-3-4-7-16(15)21(24)27/h3-4,6-9,12H,5,11,13H2,1-2H3. The summed E-state index contributed by atoms with van der Waals surface area (Å²) in [7, 11) is 3.07. The van der Waals surface area contributed by atoms with E-state index in [1.54, 1.807) is 49.5 Å². The van der Waals surface area contributed by atoms with Gasteiger partial charge in [-0.3, -0.25) is 19.3 Å². The van der Waals surface area contributed by atoms with Gasteiger partial charge < -0.3 is 9.64 Å². The summed E-state index contributed by atoms with van der Waals surface area (Å²) in [5.41, 5.74) is 1.71. The summed E-state index contributed by atoms with van der Waals surface area (Å²) in [6.45, 7) is 0.347. The molecule has 0 atom stereocenters. The van der Waals surface area contributed by atoms with Gasteiger partial charge >= 0.3 is 0 Å². The first-order chi connectivity index (χ1) is 13.5. The minimum atomic E-state index is -0.351. The highest BCUT2D eigenvalue weighted by Gasteiger charge is 2.35. The van der Waals surface area contributed by atoms with Crippen LogP contribution in [-0.4, -0.2) is 48.2 Å². The van der Waals surface area contributed by atoms with E-state index >= 15 is 0 Å². The van der Waals surface area contributed by atoms with E-state index in [0.29, 0.717) is 34.5 Å². The van der Waals surface area contributed by atoms with Crippen LogP contribution in [0.1, 0.15) is 43.1 Å². The van der Waals surface area contributed by atoms with E-state index in [-0.39, 0.29) is 30.7 Å². The maximum Gasteiger partial charge on any atom is 0.261 e. The number of nitrogens with zero attached hydrogens (tertiary/aromatic N) is 3. The molecule has 1 aliphatic rings. The molecule has 28 heavy (non-hydrogen) atoms. The summed E-state index contributed by atoms with van der Waals surface area (Å²) in [5.74, 6) is -0.609. The van der Waals surface area contributed by atoms with Crippen LogP contribution in [0, 0.1) is 11.3 Å². The van der Waals surface area contributed by atoms with E-state index in [2.05, 4.69) is 0 Å². The summed E-state index contributed by atoms with van der Waals surface area (Å²) >= 11 is 0. The number of rotatable bonds is 6. The van der Waals surface area contributed by atoms with Crippen LogP contribution in [0.4, 0.5) is 0 Å². The highest BCUT2D eigenvalue weighted by Crippen LogP contribution is 2.27. The van der Waals surface area contributed by atoms with Gasteiger partial charge in [-0.15, -0.1) is 0 Å². The molecule has 7 heteroatoms. The molecule has 0 saturated heterocycles. The van der Waals surface area contributed by atoms with Crippen molar-refractivity contribution in [2.24, 2.45) is 0 Å². The first kappa shape index (κ1) is 19.1. The third-order valence-corrected chi connectivity index (χ3v) is 4.62. The number of hydrogen-bond donors (Lipinski definition) is 0. The van der Waals surface area contributed by atoms with Gasteiger partial charge in [0.05, 0.1) is 42.8 Å². The number of amides is 3. The summed E-state index contributed by atoms with van der Waals surface area (Å²) in [6, 6.07) is 13.7. The van der Waals surface area contributed by atoms with E-state index in [9.17, 15) is 14.4 Å². The van der Waals surface area contributed by atoms with Crippen molar-refractivity contribution in [3.05, 3.63) is 64.7 Å². The van der Waals surface area contributed by atoms with E-state index in [1.165, 1.54) is 16.9 Å². The molecule has 3 rings (SSSR count).